The van der Waals surface area contributed by atoms with Crippen LogP contribution in [0.25, 0.3) is 0 Å². The monoisotopic (exact) mass is 334 g/mol. The fraction of sp³-hybridized carbons (Fsp3) is 0.412. The Bertz CT molecular complexity index is 635. The van der Waals surface area contributed by atoms with Crippen LogP contribution in [0, 0.1) is 13.8 Å². The van der Waals surface area contributed by atoms with Gasteiger partial charge in [0.25, 0.3) is 5.91 Å². The van der Waals surface area contributed by atoms with E-state index in [1.54, 1.807) is 16.7 Å². The molecule has 5 heteroatoms. The number of thioether (sulfide) groups is 1. The van der Waals surface area contributed by atoms with E-state index in [9.17, 15) is 4.79 Å². The maximum atomic E-state index is 12.5. The summed E-state index contributed by atoms with van der Waals surface area (Å²) in [6.07, 6.45) is 0.881. The number of rotatable bonds is 6. The lowest BCUT2D eigenvalue weighted by Crippen LogP contribution is -2.28. The zero-order valence-corrected chi connectivity index (χ0v) is 15.2. The molecular weight excluding hydrogens is 312 g/mol. The lowest BCUT2D eigenvalue weighted by Gasteiger charge is -2.16. The predicted octanol–water partition coefficient (Wildman–Crippen LogP) is 4.19. The molecule has 0 radical (unpaired) electrons. The number of carbonyl (C=O) groups excluding carboxylic acids is 1. The molecule has 0 fully saturated rings. The third kappa shape index (κ3) is 4.34. The number of hydrogen-bond acceptors (Lipinski definition) is 4. The van der Waals surface area contributed by atoms with Gasteiger partial charge < -0.3 is 4.90 Å². The van der Waals surface area contributed by atoms with Gasteiger partial charge in [0, 0.05) is 24.2 Å². The van der Waals surface area contributed by atoms with E-state index in [2.05, 4.69) is 43.1 Å². The van der Waals surface area contributed by atoms with Crippen LogP contribution in [0.4, 0.5) is 0 Å². The van der Waals surface area contributed by atoms with Crippen LogP contribution in [0.3, 0.4) is 0 Å². The topological polar surface area (TPSA) is 33.2 Å². The number of carbonyl (C=O) groups is 1. The van der Waals surface area contributed by atoms with Crippen molar-refractivity contribution in [3.63, 3.8) is 0 Å². The van der Waals surface area contributed by atoms with Crippen molar-refractivity contribution in [2.24, 2.45) is 0 Å². The Morgan fingerprint density at radius 2 is 1.95 bits per heavy atom. The van der Waals surface area contributed by atoms with Crippen molar-refractivity contribution in [3.05, 3.63) is 45.4 Å². The van der Waals surface area contributed by atoms with Gasteiger partial charge in [0.1, 0.15) is 4.88 Å². The standard InChI is InChI=1S/C17H22N2OS2/c1-5-15-18-13(3)16(22-15)17(20)19(4)10-11-21-14-8-6-12(2)7-9-14/h6-9H,5,10-11H2,1-4H3. The van der Waals surface area contributed by atoms with Crippen LogP contribution in [-0.4, -0.2) is 35.1 Å². The maximum absolute atomic E-state index is 12.5. The summed E-state index contributed by atoms with van der Waals surface area (Å²) in [5.74, 6) is 0.975. The van der Waals surface area contributed by atoms with Gasteiger partial charge in [0.2, 0.25) is 0 Å². The van der Waals surface area contributed by atoms with Gasteiger partial charge in [-0.15, -0.1) is 23.1 Å². The molecule has 2 rings (SSSR count). The number of aryl methyl sites for hydroxylation is 3. The van der Waals surface area contributed by atoms with Crippen LogP contribution >= 0.6 is 23.1 Å². The minimum atomic E-state index is 0.0826. The lowest BCUT2D eigenvalue weighted by molar-refractivity contribution is 0.0807. The van der Waals surface area contributed by atoms with E-state index in [0.29, 0.717) is 0 Å². The summed E-state index contributed by atoms with van der Waals surface area (Å²) in [4.78, 5) is 20.7. The van der Waals surface area contributed by atoms with Crippen molar-refractivity contribution in [2.45, 2.75) is 32.1 Å². The van der Waals surface area contributed by atoms with E-state index in [-0.39, 0.29) is 5.91 Å². The number of nitrogens with zero attached hydrogens (tertiary/aromatic N) is 2. The van der Waals surface area contributed by atoms with Gasteiger partial charge in [-0.25, -0.2) is 4.98 Å². The van der Waals surface area contributed by atoms with E-state index in [1.165, 1.54) is 21.8 Å². The Balaban J connectivity index is 1.88. The van der Waals surface area contributed by atoms with Crippen molar-refractivity contribution in [2.75, 3.05) is 19.3 Å². The Morgan fingerprint density at radius 3 is 2.55 bits per heavy atom. The molecule has 0 aliphatic rings. The average Bonchev–Trinajstić information content (AvgIpc) is 2.89. The number of benzene rings is 1. The fourth-order valence-electron chi connectivity index (χ4n) is 2.01. The number of thiazole rings is 1. The SMILES string of the molecule is CCc1nc(C)c(C(=O)N(C)CCSc2ccc(C)cc2)s1. The highest BCUT2D eigenvalue weighted by atomic mass is 32.2. The zero-order valence-electron chi connectivity index (χ0n) is 13.5. The maximum Gasteiger partial charge on any atom is 0.265 e. The van der Waals surface area contributed by atoms with Crippen molar-refractivity contribution in [3.8, 4) is 0 Å². The van der Waals surface area contributed by atoms with Crippen LogP contribution in [0.5, 0.6) is 0 Å². The lowest BCUT2D eigenvalue weighted by atomic mass is 10.2. The first-order chi connectivity index (χ1) is 10.5. The van der Waals surface area contributed by atoms with E-state index in [1.807, 2.05) is 14.0 Å². The second kappa shape index (κ2) is 7.79. The largest absolute Gasteiger partial charge is 0.340 e. The summed E-state index contributed by atoms with van der Waals surface area (Å²) >= 11 is 3.30. The number of aromatic nitrogens is 1. The van der Waals surface area contributed by atoms with Crippen LogP contribution < -0.4 is 0 Å². The molecule has 0 saturated heterocycles. The molecule has 2 aromatic rings. The summed E-state index contributed by atoms with van der Waals surface area (Å²) in [6.45, 7) is 6.80. The molecule has 22 heavy (non-hydrogen) atoms. The third-order valence-electron chi connectivity index (χ3n) is 3.40. The van der Waals surface area contributed by atoms with Gasteiger partial charge in [-0.2, -0.15) is 0 Å². The molecule has 0 aliphatic carbocycles. The first-order valence-electron chi connectivity index (χ1n) is 7.42. The summed E-state index contributed by atoms with van der Waals surface area (Å²) in [5.41, 5.74) is 2.12. The second-order valence-corrected chi connectivity index (χ2v) is 7.52. The van der Waals surface area contributed by atoms with E-state index in [0.717, 1.165) is 34.3 Å². The highest BCUT2D eigenvalue weighted by Crippen LogP contribution is 2.21. The molecule has 1 amide bonds. The fourth-order valence-corrected chi connectivity index (χ4v) is 3.94. The van der Waals surface area contributed by atoms with E-state index < -0.39 is 0 Å². The van der Waals surface area contributed by atoms with Crippen LogP contribution in [-0.2, 0) is 6.42 Å². The van der Waals surface area contributed by atoms with Gasteiger partial charge >= 0.3 is 0 Å². The summed E-state index contributed by atoms with van der Waals surface area (Å²) in [6, 6.07) is 8.49. The molecule has 1 aromatic carbocycles. The predicted molar refractivity (Wildman–Crippen MR) is 95.1 cm³/mol. The summed E-state index contributed by atoms with van der Waals surface area (Å²) in [7, 11) is 1.86. The minimum Gasteiger partial charge on any atom is -0.340 e. The molecule has 1 aromatic heterocycles. The highest BCUT2D eigenvalue weighted by molar-refractivity contribution is 7.99. The van der Waals surface area contributed by atoms with Crippen LogP contribution in [0.1, 0.15) is 32.9 Å². The highest BCUT2D eigenvalue weighted by Gasteiger charge is 2.18. The van der Waals surface area contributed by atoms with E-state index >= 15 is 0 Å². The van der Waals surface area contributed by atoms with Crippen molar-refractivity contribution in [1.82, 2.24) is 9.88 Å². The van der Waals surface area contributed by atoms with Crippen LogP contribution in [0.15, 0.2) is 29.2 Å². The smallest absolute Gasteiger partial charge is 0.265 e. The first kappa shape index (κ1) is 17.0. The van der Waals surface area contributed by atoms with Gasteiger partial charge in [0.15, 0.2) is 0 Å². The minimum absolute atomic E-state index is 0.0826. The molecule has 0 unspecified atom stereocenters. The van der Waals surface area contributed by atoms with Crippen molar-refractivity contribution >= 4 is 29.0 Å². The summed E-state index contributed by atoms with van der Waals surface area (Å²) in [5, 5.41) is 1.03. The third-order valence-corrected chi connectivity index (χ3v) is 5.68. The van der Waals surface area contributed by atoms with Gasteiger partial charge in [-0.05, 0) is 32.4 Å². The van der Waals surface area contributed by atoms with Gasteiger partial charge in [0.05, 0.1) is 10.7 Å². The Morgan fingerprint density at radius 1 is 1.27 bits per heavy atom. The molecule has 0 spiro atoms. The number of amides is 1. The van der Waals surface area contributed by atoms with Crippen molar-refractivity contribution < 1.29 is 4.79 Å². The molecule has 0 saturated carbocycles. The molecule has 0 atom stereocenters. The van der Waals surface area contributed by atoms with E-state index in [4.69, 9.17) is 0 Å². The normalized spacial score (nSPS) is 10.7. The Labute approximate surface area is 140 Å². The van der Waals surface area contributed by atoms with Gasteiger partial charge in [-0.3, -0.25) is 4.79 Å². The molecule has 0 N–H and O–H groups in total. The molecular formula is C17H22N2OS2. The van der Waals surface area contributed by atoms with Gasteiger partial charge in [-0.1, -0.05) is 24.6 Å². The number of hydrogen-bond donors (Lipinski definition) is 0. The average molecular weight is 335 g/mol. The second-order valence-electron chi connectivity index (χ2n) is 5.26. The van der Waals surface area contributed by atoms with Crippen molar-refractivity contribution in [1.29, 1.82) is 0 Å². The molecule has 0 bridgehead atoms. The zero-order chi connectivity index (χ0) is 16.1. The molecule has 1 heterocycles. The Hall–Kier alpha value is -1.33. The molecule has 0 aliphatic heterocycles. The summed E-state index contributed by atoms with van der Waals surface area (Å²) < 4.78 is 0. The van der Waals surface area contributed by atoms with Crippen LogP contribution in [0.2, 0.25) is 0 Å². The molecule has 118 valence electrons. The first-order valence-corrected chi connectivity index (χ1v) is 9.22. The Kier molecular flexibility index (Phi) is 6.03. The molecule has 3 nitrogen and oxygen atoms in total. The quantitative estimate of drug-likeness (QED) is 0.743.